The van der Waals surface area contributed by atoms with Crippen molar-refractivity contribution < 1.29 is 14.1 Å². The van der Waals surface area contributed by atoms with Crippen LogP contribution in [-0.2, 0) is 11.2 Å². The van der Waals surface area contributed by atoms with Crippen LogP contribution in [0.4, 0.5) is 11.4 Å². The molecule has 0 aliphatic carbocycles. The minimum atomic E-state index is -0.189. The molecule has 2 atom stereocenters. The summed E-state index contributed by atoms with van der Waals surface area (Å²) in [5, 5.41) is 3.97. The number of amides is 2. The minimum absolute atomic E-state index is 0.0305. The average Bonchev–Trinajstić information content (AvgIpc) is 3.23. The lowest BCUT2D eigenvalue weighted by molar-refractivity contribution is -0.117. The minimum Gasteiger partial charge on any atom is -0.361 e. The van der Waals surface area contributed by atoms with Gasteiger partial charge in [-0.1, -0.05) is 48.5 Å². The number of fused-ring (bicyclic) bond motifs is 1. The summed E-state index contributed by atoms with van der Waals surface area (Å²) in [6, 6.07) is 18.9. The summed E-state index contributed by atoms with van der Waals surface area (Å²) in [4.78, 5) is 29.6. The van der Waals surface area contributed by atoms with Gasteiger partial charge in [0.2, 0.25) is 5.91 Å². The predicted molar refractivity (Wildman–Crippen MR) is 116 cm³/mol. The van der Waals surface area contributed by atoms with Crippen molar-refractivity contribution in [3.8, 4) is 0 Å². The number of aromatic nitrogens is 1. The summed E-state index contributed by atoms with van der Waals surface area (Å²) in [5.74, 6) is 0.462. The van der Waals surface area contributed by atoms with E-state index in [1.54, 1.807) is 17.9 Å². The maximum atomic E-state index is 13.3. The molecule has 0 N–H and O–H groups in total. The highest BCUT2D eigenvalue weighted by molar-refractivity contribution is 6.06. The third-order valence-electron chi connectivity index (χ3n) is 5.59. The fourth-order valence-corrected chi connectivity index (χ4v) is 4.21. The van der Waals surface area contributed by atoms with Crippen LogP contribution >= 0.6 is 0 Å². The van der Waals surface area contributed by atoms with E-state index >= 15 is 0 Å². The number of anilines is 2. The molecule has 1 aliphatic heterocycles. The van der Waals surface area contributed by atoms with Crippen LogP contribution in [0, 0.1) is 0 Å². The average molecular weight is 403 g/mol. The molecule has 2 aromatic carbocycles. The first-order valence-corrected chi connectivity index (χ1v) is 10.2. The van der Waals surface area contributed by atoms with E-state index in [4.69, 9.17) is 4.52 Å². The second-order valence-electron chi connectivity index (χ2n) is 7.59. The van der Waals surface area contributed by atoms with Gasteiger partial charge in [0.05, 0.1) is 6.04 Å². The zero-order chi connectivity index (χ0) is 21.3. The van der Waals surface area contributed by atoms with Crippen LogP contribution in [0.15, 0.2) is 65.2 Å². The van der Waals surface area contributed by atoms with Crippen molar-refractivity contribution in [1.29, 1.82) is 0 Å². The fraction of sp³-hybridized carbons (Fsp3) is 0.292. The van der Waals surface area contributed by atoms with Gasteiger partial charge in [-0.2, -0.15) is 0 Å². The molecule has 0 spiro atoms. The topological polar surface area (TPSA) is 66.7 Å². The number of hydrogen-bond donors (Lipinski definition) is 0. The fourth-order valence-electron chi connectivity index (χ4n) is 4.21. The molecule has 3 aromatic rings. The van der Waals surface area contributed by atoms with E-state index in [0.717, 1.165) is 16.9 Å². The van der Waals surface area contributed by atoms with Gasteiger partial charge < -0.3 is 14.3 Å². The van der Waals surface area contributed by atoms with Gasteiger partial charge in [-0.05, 0) is 37.1 Å². The maximum absolute atomic E-state index is 13.3. The molecular formula is C24H25N3O3. The molecule has 0 radical (unpaired) electrons. The zero-order valence-corrected chi connectivity index (χ0v) is 17.4. The molecule has 0 saturated heterocycles. The number of benzene rings is 2. The molecule has 154 valence electrons. The maximum Gasteiger partial charge on any atom is 0.280 e. The van der Waals surface area contributed by atoms with E-state index in [9.17, 15) is 9.59 Å². The van der Waals surface area contributed by atoms with Crippen LogP contribution < -0.4 is 9.80 Å². The van der Waals surface area contributed by atoms with Crippen LogP contribution in [0.3, 0.4) is 0 Å². The Balaban J connectivity index is 1.76. The Morgan fingerprint density at radius 1 is 1.13 bits per heavy atom. The predicted octanol–water partition coefficient (Wildman–Crippen LogP) is 4.77. The van der Waals surface area contributed by atoms with Gasteiger partial charge in [0, 0.05) is 36.8 Å². The monoisotopic (exact) mass is 403 g/mol. The SMILES string of the molecule is CCc1cc(C(=O)N2c3ccccc3[C@@H](N(C(C)=O)c3ccccc3)C[C@H]2C)no1. The lowest BCUT2D eigenvalue weighted by Crippen LogP contribution is -2.47. The summed E-state index contributed by atoms with van der Waals surface area (Å²) in [6.45, 7) is 5.54. The molecule has 0 saturated carbocycles. The van der Waals surface area contributed by atoms with E-state index < -0.39 is 0 Å². The van der Waals surface area contributed by atoms with Crippen molar-refractivity contribution in [3.63, 3.8) is 0 Å². The summed E-state index contributed by atoms with van der Waals surface area (Å²) in [6.07, 6.45) is 1.30. The van der Waals surface area contributed by atoms with Gasteiger partial charge in [-0.3, -0.25) is 9.59 Å². The third-order valence-corrected chi connectivity index (χ3v) is 5.59. The Hall–Kier alpha value is -3.41. The molecule has 0 unspecified atom stereocenters. The molecule has 6 nitrogen and oxygen atoms in total. The molecule has 4 rings (SSSR count). The molecule has 2 amide bonds. The smallest absolute Gasteiger partial charge is 0.280 e. The lowest BCUT2D eigenvalue weighted by atomic mass is 9.89. The van der Waals surface area contributed by atoms with Crippen molar-refractivity contribution in [2.75, 3.05) is 9.80 Å². The number of nitrogens with zero attached hydrogens (tertiary/aromatic N) is 3. The second kappa shape index (κ2) is 8.14. The van der Waals surface area contributed by atoms with Crippen LogP contribution in [0.5, 0.6) is 0 Å². The standard InChI is InChI=1S/C24H25N3O3/c1-4-19-15-21(25-30-19)24(29)26-16(2)14-23(20-12-8-9-13-22(20)26)27(17(3)28)18-10-6-5-7-11-18/h5-13,15-16,23H,4,14H2,1-3H3/t16-,23+/m1/s1. The summed E-state index contributed by atoms with van der Waals surface area (Å²) >= 11 is 0. The number of rotatable bonds is 4. The molecular weight excluding hydrogens is 378 g/mol. The second-order valence-corrected chi connectivity index (χ2v) is 7.59. The highest BCUT2D eigenvalue weighted by Crippen LogP contribution is 2.42. The van der Waals surface area contributed by atoms with Crippen LogP contribution in [-0.4, -0.2) is 23.0 Å². The summed E-state index contributed by atoms with van der Waals surface area (Å²) in [5.41, 5.74) is 2.90. The molecule has 1 aliphatic rings. The normalized spacial score (nSPS) is 18.0. The van der Waals surface area contributed by atoms with E-state index in [1.807, 2.05) is 73.3 Å². The Morgan fingerprint density at radius 2 is 1.83 bits per heavy atom. The molecule has 0 fully saturated rings. The molecule has 6 heteroatoms. The number of carbonyl (C=O) groups excluding carboxylic acids is 2. The Labute approximate surface area is 176 Å². The van der Waals surface area contributed by atoms with Gasteiger partial charge in [0.25, 0.3) is 5.91 Å². The van der Waals surface area contributed by atoms with Crippen LogP contribution in [0.2, 0.25) is 0 Å². The Bertz CT molecular complexity index is 1060. The number of aryl methyl sites for hydroxylation is 1. The van der Waals surface area contributed by atoms with E-state index in [0.29, 0.717) is 24.3 Å². The highest BCUT2D eigenvalue weighted by Gasteiger charge is 2.38. The van der Waals surface area contributed by atoms with Crippen LogP contribution in [0.25, 0.3) is 0 Å². The van der Waals surface area contributed by atoms with Crippen molar-refractivity contribution >= 4 is 23.2 Å². The van der Waals surface area contributed by atoms with Crippen molar-refractivity contribution in [2.24, 2.45) is 0 Å². The molecule has 1 aromatic heterocycles. The van der Waals surface area contributed by atoms with Crippen molar-refractivity contribution in [3.05, 3.63) is 77.7 Å². The Morgan fingerprint density at radius 3 is 2.50 bits per heavy atom. The quantitative estimate of drug-likeness (QED) is 0.629. The van der Waals surface area contributed by atoms with E-state index in [2.05, 4.69) is 5.16 Å². The first kappa shape index (κ1) is 19.9. The van der Waals surface area contributed by atoms with Gasteiger partial charge in [0.15, 0.2) is 5.69 Å². The first-order chi connectivity index (χ1) is 14.5. The van der Waals surface area contributed by atoms with Crippen LogP contribution in [0.1, 0.15) is 55.0 Å². The van der Waals surface area contributed by atoms with Gasteiger partial charge >= 0.3 is 0 Å². The Kier molecular flexibility index (Phi) is 5.40. The number of para-hydroxylation sites is 2. The molecule has 30 heavy (non-hydrogen) atoms. The van der Waals surface area contributed by atoms with Crippen molar-refractivity contribution in [2.45, 2.75) is 45.7 Å². The van der Waals surface area contributed by atoms with Gasteiger partial charge in [-0.15, -0.1) is 0 Å². The van der Waals surface area contributed by atoms with E-state index in [1.165, 1.54) is 0 Å². The van der Waals surface area contributed by atoms with E-state index in [-0.39, 0.29) is 23.9 Å². The molecule has 0 bridgehead atoms. The molecule has 2 heterocycles. The van der Waals surface area contributed by atoms with Gasteiger partial charge in [-0.25, -0.2) is 0 Å². The highest BCUT2D eigenvalue weighted by atomic mass is 16.5. The first-order valence-electron chi connectivity index (χ1n) is 10.2. The number of hydrogen-bond acceptors (Lipinski definition) is 4. The zero-order valence-electron chi connectivity index (χ0n) is 17.4. The lowest BCUT2D eigenvalue weighted by Gasteiger charge is -2.43. The summed E-state index contributed by atoms with van der Waals surface area (Å²) < 4.78 is 5.25. The largest absolute Gasteiger partial charge is 0.361 e. The number of carbonyl (C=O) groups is 2. The van der Waals surface area contributed by atoms with Gasteiger partial charge in [0.1, 0.15) is 5.76 Å². The third kappa shape index (κ3) is 3.49. The van der Waals surface area contributed by atoms with Crippen molar-refractivity contribution in [1.82, 2.24) is 5.16 Å². The summed E-state index contributed by atoms with van der Waals surface area (Å²) in [7, 11) is 0.